The first kappa shape index (κ1) is 12.1. The van der Waals surface area contributed by atoms with Crippen molar-refractivity contribution in [1.82, 2.24) is 0 Å². The van der Waals surface area contributed by atoms with Crippen LogP contribution >= 0.6 is 0 Å². The molecule has 1 aliphatic rings. The minimum absolute atomic E-state index is 0.925. The maximum atomic E-state index is 2.44. The van der Waals surface area contributed by atoms with Crippen LogP contribution < -0.4 is 0 Å². The van der Waals surface area contributed by atoms with Crippen LogP contribution in [0.1, 0.15) is 70.6 Å². The van der Waals surface area contributed by atoms with E-state index in [1.807, 2.05) is 0 Å². The predicted octanol–water partition coefficient (Wildman–Crippen LogP) is 4.83. The van der Waals surface area contributed by atoms with Gasteiger partial charge in [-0.3, -0.25) is 0 Å². The van der Waals surface area contributed by atoms with Crippen molar-refractivity contribution in [2.75, 3.05) is 0 Å². The lowest BCUT2D eigenvalue weighted by Crippen LogP contribution is -2.01. The molecule has 0 N–H and O–H groups in total. The summed E-state index contributed by atoms with van der Waals surface area (Å²) in [4.78, 5) is 0. The fourth-order valence-electron chi connectivity index (χ4n) is 2.53. The van der Waals surface area contributed by atoms with Gasteiger partial charge in [0.05, 0.1) is 0 Å². The van der Waals surface area contributed by atoms with E-state index in [9.17, 15) is 0 Å². The molecular formula is C13H26B. The molecule has 0 aromatic rings. The smallest absolute Gasteiger partial charge is 0.0917 e. The Hall–Kier alpha value is 0.0649. The summed E-state index contributed by atoms with van der Waals surface area (Å²) in [6, 6.07) is 0. The highest BCUT2D eigenvalue weighted by Crippen LogP contribution is 2.24. The first-order valence-electron chi connectivity index (χ1n) is 6.73. The summed E-state index contributed by atoms with van der Waals surface area (Å²) in [6.07, 6.45) is 16.2. The van der Waals surface area contributed by atoms with E-state index in [0.717, 1.165) is 5.82 Å². The first-order chi connectivity index (χ1) is 6.93. The summed E-state index contributed by atoms with van der Waals surface area (Å²) in [5, 5.41) is 0. The van der Waals surface area contributed by atoms with E-state index in [1.54, 1.807) is 0 Å². The number of rotatable bonds is 1. The van der Waals surface area contributed by atoms with E-state index >= 15 is 0 Å². The van der Waals surface area contributed by atoms with Crippen LogP contribution in [-0.4, -0.2) is 7.28 Å². The van der Waals surface area contributed by atoms with Gasteiger partial charge in [0.25, 0.3) is 0 Å². The molecule has 0 heterocycles. The molecule has 81 valence electrons. The van der Waals surface area contributed by atoms with Gasteiger partial charge in [0, 0.05) is 0 Å². The minimum Gasteiger partial charge on any atom is -0.0917 e. The second kappa shape index (κ2) is 8.38. The molecule has 1 rings (SSSR count). The Morgan fingerprint density at radius 3 is 1.36 bits per heavy atom. The van der Waals surface area contributed by atoms with Crippen LogP contribution in [0, 0.1) is 0 Å². The Kier molecular flexibility index (Phi) is 7.26. The predicted molar refractivity (Wildman–Crippen MR) is 66.2 cm³/mol. The second-order valence-electron chi connectivity index (χ2n) is 4.85. The lowest BCUT2D eigenvalue weighted by molar-refractivity contribution is 0.502. The van der Waals surface area contributed by atoms with Crippen molar-refractivity contribution in [3.05, 3.63) is 0 Å². The summed E-state index contributed by atoms with van der Waals surface area (Å²) in [5.74, 6) is 0.925. The van der Waals surface area contributed by atoms with Crippen LogP contribution in [0.25, 0.3) is 0 Å². The van der Waals surface area contributed by atoms with Crippen LogP contribution in [-0.2, 0) is 0 Å². The van der Waals surface area contributed by atoms with E-state index < -0.39 is 0 Å². The van der Waals surface area contributed by atoms with Gasteiger partial charge in [-0.25, -0.2) is 0 Å². The molecule has 1 saturated carbocycles. The monoisotopic (exact) mass is 193 g/mol. The maximum Gasteiger partial charge on any atom is 0.110 e. The Labute approximate surface area is 91.1 Å². The third kappa shape index (κ3) is 5.72. The zero-order valence-electron chi connectivity index (χ0n) is 9.93. The van der Waals surface area contributed by atoms with Crippen molar-refractivity contribution in [2.45, 2.75) is 83.3 Å². The van der Waals surface area contributed by atoms with Crippen molar-refractivity contribution in [1.29, 1.82) is 0 Å². The molecule has 0 saturated heterocycles. The summed E-state index contributed by atoms with van der Waals surface area (Å²) in [6.45, 7) is 2.25. The average molecular weight is 193 g/mol. The van der Waals surface area contributed by atoms with Gasteiger partial charge >= 0.3 is 0 Å². The van der Waals surface area contributed by atoms with E-state index in [2.05, 4.69) is 14.1 Å². The molecule has 0 atom stereocenters. The van der Waals surface area contributed by atoms with Gasteiger partial charge in [0.1, 0.15) is 7.28 Å². The highest BCUT2D eigenvalue weighted by molar-refractivity contribution is 6.35. The van der Waals surface area contributed by atoms with Gasteiger partial charge in [-0.05, 0) is 0 Å². The van der Waals surface area contributed by atoms with Gasteiger partial charge in [-0.1, -0.05) is 83.3 Å². The molecule has 0 unspecified atom stereocenters. The van der Waals surface area contributed by atoms with Crippen molar-refractivity contribution < 1.29 is 0 Å². The molecule has 0 spiro atoms. The van der Waals surface area contributed by atoms with Crippen LogP contribution in [0.15, 0.2) is 0 Å². The summed E-state index contributed by atoms with van der Waals surface area (Å²) in [5.41, 5.74) is 0. The van der Waals surface area contributed by atoms with Crippen molar-refractivity contribution >= 4 is 7.28 Å². The number of hydrogen-bond donors (Lipinski definition) is 0. The summed E-state index contributed by atoms with van der Waals surface area (Å²) < 4.78 is 0. The van der Waals surface area contributed by atoms with E-state index in [4.69, 9.17) is 0 Å². The lowest BCUT2D eigenvalue weighted by atomic mass is 9.63. The molecule has 1 fully saturated rings. The van der Waals surface area contributed by atoms with Crippen molar-refractivity contribution in [2.24, 2.45) is 0 Å². The Balaban J connectivity index is 2.17. The van der Waals surface area contributed by atoms with Crippen LogP contribution in [0.3, 0.4) is 0 Å². The average Bonchev–Trinajstić information content (AvgIpc) is 2.19. The Morgan fingerprint density at radius 1 is 0.643 bits per heavy atom. The molecule has 14 heavy (non-hydrogen) atoms. The Morgan fingerprint density at radius 2 is 1.00 bits per heavy atom. The first-order valence-corrected chi connectivity index (χ1v) is 6.73. The third-order valence-electron chi connectivity index (χ3n) is 3.62. The minimum atomic E-state index is 0.925. The molecule has 0 bridgehead atoms. The van der Waals surface area contributed by atoms with E-state index in [0.29, 0.717) is 0 Å². The quantitative estimate of drug-likeness (QED) is 0.523. The van der Waals surface area contributed by atoms with Crippen molar-refractivity contribution in [3.8, 4) is 0 Å². The van der Waals surface area contributed by atoms with Crippen LogP contribution in [0.5, 0.6) is 0 Å². The van der Waals surface area contributed by atoms with Gasteiger partial charge in [0.2, 0.25) is 0 Å². The molecule has 0 aliphatic heterocycles. The maximum absolute atomic E-state index is 2.44. The molecule has 0 aromatic carbocycles. The van der Waals surface area contributed by atoms with Crippen LogP contribution in [0.4, 0.5) is 0 Å². The fourth-order valence-corrected chi connectivity index (χ4v) is 2.53. The fraction of sp³-hybridized carbons (Fsp3) is 1.00. The van der Waals surface area contributed by atoms with Crippen molar-refractivity contribution in [3.63, 3.8) is 0 Å². The second-order valence-corrected chi connectivity index (χ2v) is 4.85. The van der Waals surface area contributed by atoms with Gasteiger partial charge in [0.15, 0.2) is 0 Å². The summed E-state index contributed by atoms with van der Waals surface area (Å²) in [7, 11) is 2.44. The highest BCUT2D eigenvalue weighted by Gasteiger charge is 2.07. The molecule has 0 aromatic heterocycles. The van der Waals surface area contributed by atoms with Gasteiger partial charge < -0.3 is 0 Å². The Bertz CT molecular complexity index is 110. The highest BCUT2D eigenvalue weighted by atomic mass is 14.1. The molecule has 1 radical (unpaired) electrons. The molecule has 1 aliphatic carbocycles. The SMILES string of the molecule is C[B]C1CCCCCCCCCCC1. The van der Waals surface area contributed by atoms with Crippen LogP contribution in [0.2, 0.25) is 12.6 Å². The zero-order chi connectivity index (χ0) is 10.1. The largest absolute Gasteiger partial charge is 0.110 e. The molecule has 1 heteroatoms. The summed E-state index contributed by atoms with van der Waals surface area (Å²) >= 11 is 0. The van der Waals surface area contributed by atoms with Gasteiger partial charge in [-0.2, -0.15) is 0 Å². The molecule has 0 nitrogen and oxygen atoms in total. The lowest BCUT2D eigenvalue weighted by Gasteiger charge is -2.15. The third-order valence-corrected chi connectivity index (χ3v) is 3.62. The zero-order valence-corrected chi connectivity index (χ0v) is 9.93. The molecular weight excluding hydrogens is 167 g/mol. The van der Waals surface area contributed by atoms with Gasteiger partial charge in [-0.15, -0.1) is 0 Å². The van der Waals surface area contributed by atoms with E-state index in [-0.39, 0.29) is 0 Å². The normalized spacial score (nSPS) is 23.5. The standard InChI is InChI=1S/C13H26B/c1-14-13-11-9-7-5-3-2-4-6-8-10-12-13/h13H,2-12H2,1H3. The topological polar surface area (TPSA) is 0 Å². The molecule has 0 amide bonds. The van der Waals surface area contributed by atoms with E-state index in [1.165, 1.54) is 70.6 Å². The number of hydrogen-bond acceptors (Lipinski definition) is 0.